The van der Waals surface area contributed by atoms with Gasteiger partial charge in [-0.2, -0.15) is 0 Å². The standard InChI is InChI=1S/C13H16ClFN2O/c1-17(8-10-3-2-6-16-10)13(18)9-4-5-11(14)12(15)7-9/h4-5,7,10,16H,2-3,6,8H2,1H3. The number of likely N-dealkylation sites (N-methyl/N-ethyl adjacent to an activating group) is 1. The summed E-state index contributed by atoms with van der Waals surface area (Å²) in [5.74, 6) is -0.742. The van der Waals surface area contributed by atoms with Crippen LogP contribution in [0, 0.1) is 5.82 Å². The molecule has 1 N–H and O–H groups in total. The summed E-state index contributed by atoms with van der Waals surface area (Å²) in [5, 5.41) is 3.36. The Morgan fingerprint density at radius 3 is 3.00 bits per heavy atom. The molecule has 1 saturated heterocycles. The fraction of sp³-hybridized carbons (Fsp3) is 0.462. The van der Waals surface area contributed by atoms with Gasteiger partial charge in [0.15, 0.2) is 0 Å². The van der Waals surface area contributed by atoms with Gasteiger partial charge in [-0.1, -0.05) is 11.6 Å². The molecule has 98 valence electrons. The van der Waals surface area contributed by atoms with Crippen molar-refractivity contribution in [3.05, 3.63) is 34.6 Å². The van der Waals surface area contributed by atoms with Crippen molar-refractivity contribution in [2.75, 3.05) is 20.1 Å². The molecule has 1 aromatic carbocycles. The van der Waals surface area contributed by atoms with Crippen LogP contribution in [-0.2, 0) is 0 Å². The number of hydrogen-bond acceptors (Lipinski definition) is 2. The van der Waals surface area contributed by atoms with Crippen molar-refractivity contribution >= 4 is 17.5 Å². The molecule has 1 aromatic rings. The van der Waals surface area contributed by atoms with Gasteiger partial charge in [-0.25, -0.2) is 4.39 Å². The Balaban J connectivity index is 2.02. The first-order chi connectivity index (χ1) is 8.58. The van der Waals surface area contributed by atoms with Gasteiger partial charge in [0.05, 0.1) is 5.02 Å². The first-order valence-electron chi connectivity index (χ1n) is 6.02. The summed E-state index contributed by atoms with van der Waals surface area (Å²) >= 11 is 5.59. The van der Waals surface area contributed by atoms with Gasteiger partial charge in [-0.05, 0) is 37.6 Å². The predicted molar refractivity (Wildman–Crippen MR) is 69.4 cm³/mol. The molecule has 0 saturated carbocycles. The Bertz CT molecular complexity index is 447. The minimum atomic E-state index is -0.560. The van der Waals surface area contributed by atoms with E-state index < -0.39 is 5.82 Å². The van der Waals surface area contributed by atoms with Crippen molar-refractivity contribution < 1.29 is 9.18 Å². The highest BCUT2D eigenvalue weighted by Gasteiger charge is 2.20. The van der Waals surface area contributed by atoms with Crippen LogP contribution in [0.5, 0.6) is 0 Å². The van der Waals surface area contributed by atoms with Crippen LogP contribution in [0.3, 0.4) is 0 Å². The number of halogens is 2. The molecule has 1 fully saturated rings. The summed E-state index contributed by atoms with van der Waals surface area (Å²) in [6.45, 7) is 1.64. The Morgan fingerprint density at radius 1 is 1.61 bits per heavy atom. The quantitative estimate of drug-likeness (QED) is 0.914. The number of nitrogens with zero attached hydrogens (tertiary/aromatic N) is 1. The molecule has 1 unspecified atom stereocenters. The zero-order chi connectivity index (χ0) is 13.1. The highest BCUT2D eigenvalue weighted by Crippen LogP contribution is 2.17. The summed E-state index contributed by atoms with van der Waals surface area (Å²) in [6.07, 6.45) is 2.22. The molecule has 0 spiro atoms. The molecule has 0 aliphatic carbocycles. The second kappa shape index (κ2) is 5.67. The van der Waals surface area contributed by atoms with E-state index in [1.54, 1.807) is 18.0 Å². The second-order valence-electron chi connectivity index (χ2n) is 4.61. The predicted octanol–water partition coefficient (Wildman–Crippen LogP) is 2.30. The molecular weight excluding hydrogens is 255 g/mol. The SMILES string of the molecule is CN(CC1CCCN1)C(=O)c1ccc(Cl)c(F)c1. The lowest BCUT2D eigenvalue weighted by Gasteiger charge is -2.21. The zero-order valence-corrected chi connectivity index (χ0v) is 11.0. The number of carbonyl (C=O) groups excluding carboxylic acids is 1. The van der Waals surface area contributed by atoms with E-state index in [1.165, 1.54) is 12.1 Å². The van der Waals surface area contributed by atoms with Gasteiger partial charge in [0.25, 0.3) is 5.91 Å². The van der Waals surface area contributed by atoms with E-state index in [1.807, 2.05) is 0 Å². The molecule has 1 aliphatic heterocycles. The molecule has 1 atom stereocenters. The van der Waals surface area contributed by atoms with Gasteiger partial charge in [-0.3, -0.25) is 4.79 Å². The van der Waals surface area contributed by atoms with Crippen molar-refractivity contribution in [2.45, 2.75) is 18.9 Å². The largest absolute Gasteiger partial charge is 0.340 e. The van der Waals surface area contributed by atoms with E-state index in [4.69, 9.17) is 11.6 Å². The fourth-order valence-corrected chi connectivity index (χ4v) is 2.29. The van der Waals surface area contributed by atoms with Gasteiger partial charge in [0, 0.05) is 25.2 Å². The van der Waals surface area contributed by atoms with E-state index in [2.05, 4.69) is 5.32 Å². The maximum atomic E-state index is 13.3. The minimum Gasteiger partial charge on any atom is -0.340 e. The smallest absolute Gasteiger partial charge is 0.253 e. The lowest BCUT2D eigenvalue weighted by molar-refractivity contribution is 0.0783. The van der Waals surface area contributed by atoms with E-state index in [9.17, 15) is 9.18 Å². The van der Waals surface area contributed by atoms with E-state index >= 15 is 0 Å². The van der Waals surface area contributed by atoms with Gasteiger partial charge in [0.2, 0.25) is 0 Å². The number of hydrogen-bond donors (Lipinski definition) is 1. The molecule has 1 amide bonds. The van der Waals surface area contributed by atoms with Gasteiger partial charge < -0.3 is 10.2 Å². The van der Waals surface area contributed by atoms with Gasteiger partial charge in [0.1, 0.15) is 5.82 Å². The summed E-state index contributed by atoms with van der Waals surface area (Å²) in [7, 11) is 1.73. The van der Waals surface area contributed by atoms with Crippen LogP contribution >= 0.6 is 11.6 Å². The van der Waals surface area contributed by atoms with Crippen LogP contribution in [0.2, 0.25) is 5.02 Å². The molecule has 0 aromatic heterocycles. The van der Waals surface area contributed by atoms with E-state index in [0.29, 0.717) is 18.2 Å². The van der Waals surface area contributed by atoms with Crippen LogP contribution in [0.15, 0.2) is 18.2 Å². The van der Waals surface area contributed by atoms with Crippen molar-refractivity contribution in [3.8, 4) is 0 Å². The molecule has 1 aliphatic rings. The summed E-state index contributed by atoms with van der Waals surface area (Å²) < 4.78 is 13.3. The fourth-order valence-electron chi connectivity index (χ4n) is 2.18. The Labute approximate surface area is 111 Å². The summed E-state index contributed by atoms with van der Waals surface area (Å²) in [4.78, 5) is 13.7. The van der Waals surface area contributed by atoms with Gasteiger partial charge in [-0.15, -0.1) is 0 Å². The average molecular weight is 271 g/mol. The van der Waals surface area contributed by atoms with Gasteiger partial charge >= 0.3 is 0 Å². The van der Waals surface area contributed by atoms with Crippen LogP contribution in [0.1, 0.15) is 23.2 Å². The molecule has 1 heterocycles. The van der Waals surface area contributed by atoms with Crippen molar-refractivity contribution in [1.82, 2.24) is 10.2 Å². The first-order valence-corrected chi connectivity index (χ1v) is 6.39. The van der Waals surface area contributed by atoms with Crippen LogP contribution in [0.25, 0.3) is 0 Å². The van der Waals surface area contributed by atoms with E-state index in [-0.39, 0.29) is 10.9 Å². The number of rotatable bonds is 3. The molecular formula is C13H16ClFN2O. The molecule has 0 bridgehead atoms. The highest BCUT2D eigenvalue weighted by molar-refractivity contribution is 6.30. The lowest BCUT2D eigenvalue weighted by atomic mass is 10.1. The second-order valence-corrected chi connectivity index (χ2v) is 5.02. The zero-order valence-electron chi connectivity index (χ0n) is 10.2. The molecule has 2 rings (SSSR count). The van der Waals surface area contributed by atoms with Crippen LogP contribution in [0.4, 0.5) is 4.39 Å². The Hall–Kier alpha value is -1.13. The molecule has 0 radical (unpaired) electrons. The monoisotopic (exact) mass is 270 g/mol. The summed E-state index contributed by atoms with van der Waals surface area (Å²) in [5.41, 5.74) is 0.331. The van der Waals surface area contributed by atoms with Crippen LogP contribution in [-0.4, -0.2) is 37.0 Å². The van der Waals surface area contributed by atoms with Crippen molar-refractivity contribution in [1.29, 1.82) is 0 Å². The number of carbonyl (C=O) groups is 1. The topological polar surface area (TPSA) is 32.3 Å². The van der Waals surface area contributed by atoms with Crippen molar-refractivity contribution in [2.24, 2.45) is 0 Å². The Kier molecular flexibility index (Phi) is 4.19. The van der Waals surface area contributed by atoms with E-state index in [0.717, 1.165) is 19.4 Å². The van der Waals surface area contributed by atoms with Crippen LogP contribution < -0.4 is 5.32 Å². The molecule has 5 heteroatoms. The normalized spacial score (nSPS) is 18.9. The minimum absolute atomic E-state index is 0.0339. The third kappa shape index (κ3) is 3.00. The lowest BCUT2D eigenvalue weighted by Crippen LogP contribution is -2.38. The highest BCUT2D eigenvalue weighted by atomic mass is 35.5. The number of benzene rings is 1. The maximum Gasteiger partial charge on any atom is 0.253 e. The summed E-state index contributed by atoms with van der Waals surface area (Å²) in [6, 6.07) is 4.48. The first kappa shape index (κ1) is 13.3. The number of nitrogens with one attached hydrogen (secondary N) is 1. The third-order valence-corrected chi connectivity index (χ3v) is 3.48. The maximum absolute atomic E-state index is 13.3. The molecule has 3 nitrogen and oxygen atoms in total. The third-order valence-electron chi connectivity index (χ3n) is 3.17. The Morgan fingerprint density at radius 2 is 2.39 bits per heavy atom. The van der Waals surface area contributed by atoms with Crippen molar-refractivity contribution in [3.63, 3.8) is 0 Å². The number of amides is 1. The average Bonchev–Trinajstić information content (AvgIpc) is 2.84. The molecule has 18 heavy (non-hydrogen) atoms.